The Kier molecular flexibility index (Phi) is 4.99. The molecule has 0 saturated carbocycles. The van der Waals surface area contributed by atoms with Crippen LogP contribution >= 0.6 is 0 Å². The van der Waals surface area contributed by atoms with E-state index in [4.69, 9.17) is 10.5 Å². The molecule has 2 N–H and O–H groups in total. The maximum Gasteiger partial charge on any atom is 0.540 e. The summed E-state index contributed by atoms with van der Waals surface area (Å²) in [5, 5.41) is 10.7. The van der Waals surface area contributed by atoms with Crippen molar-refractivity contribution in [2.45, 2.75) is 0 Å². The number of carbonyl (C=O) groups excluding carboxylic acids is 1. The monoisotopic (exact) mass is 284 g/mol. The standard InChI is InChI=1S/C14H12N4O3/c15-13(17-16-11-7-3-1-4-8-11)18-21-14(19)20-12-9-5-2-6-10-12/h1-10H,(H2,15,18). The number of rotatable bonds is 3. The average Bonchev–Trinajstić information content (AvgIpc) is 2.53. The van der Waals surface area contributed by atoms with Gasteiger partial charge < -0.3 is 10.5 Å². The molecule has 2 aromatic rings. The number of benzene rings is 2. The molecule has 0 spiro atoms. The van der Waals surface area contributed by atoms with Gasteiger partial charge in [-0.1, -0.05) is 36.4 Å². The molecule has 0 amide bonds. The van der Waals surface area contributed by atoms with E-state index in [1.165, 1.54) is 0 Å². The van der Waals surface area contributed by atoms with Gasteiger partial charge in [0.2, 0.25) is 0 Å². The molecular weight excluding hydrogens is 272 g/mol. The van der Waals surface area contributed by atoms with Gasteiger partial charge in [-0.15, -0.1) is 10.2 Å². The maximum absolute atomic E-state index is 11.3. The summed E-state index contributed by atoms with van der Waals surface area (Å²) in [5.41, 5.74) is 6.02. The lowest BCUT2D eigenvalue weighted by Crippen LogP contribution is -2.12. The summed E-state index contributed by atoms with van der Waals surface area (Å²) in [6.45, 7) is 0. The number of guanidine groups is 1. The highest BCUT2D eigenvalue weighted by atomic mass is 16.8. The van der Waals surface area contributed by atoms with Crippen molar-refractivity contribution in [3.8, 4) is 5.75 Å². The smallest absolute Gasteiger partial charge is 0.393 e. The molecule has 0 radical (unpaired) electrons. The third-order valence-corrected chi connectivity index (χ3v) is 2.18. The summed E-state index contributed by atoms with van der Waals surface area (Å²) in [7, 11) is 0. The van der Waals surface area contributed by atoms with E-state index in [0.29, 0.717) is 11.4 Å². The Morgan fingerprint density at radius 2 is 1.57 bits per heavy atom. The van der Waals surface area contributed by atoms with Crippen LogP contribution in [0.4, 0.5) is 10.5 Å². The summed E-state index contributed by atoms with van der Waals surface area (Å²) >= 11 is 0. The maximum atomic E-state index is 11.3. The van der Waals surface area contributed by atoms with Gasteiger partial charge in [-0.05, 0) is 29.4 Å². The van der Waals surface area contributed by atoms with E-state index in [1.54, 1.807) is 54.6 Å². The van der Waals surface area contributed by atoms with E-state index in [9.17, 15) is 4.79 Å². The lowest BCUT2D eigenvalue weighted by molar-refractivity contribution is 0.102. The topological polar surface area (TPSA) is 98.6 Å². The van der Waals surface area contributed by atoms with Gasteiger partial charge in [-0.2, -0.15) is 0 Å². The first kappa shape index (κ1) is 14.2. The molecule has 0 aliphatic rings. The molecule has 0 aliphatic carbocycles. The fourth-order valence-corrected chi connectivity index (χ4v) is 1.31. The summed E-state index contributed by atoms with van der Waals surface area (Å²) in [5.74, 6) is 0.0334. The van der Waals surface area contributed by atoms with Crippen LogP contribution in [0.5, 0.6) is 5.75 Å². The second kappa shape index (κ2) is 7.39. The van der Waals surface area contributed by atoms with Gasteiger partial charge in [0.25, 0.3) is 5.96 Å². The molecule has 0 saturated heterocycles. The number of hydrogen-bond acceptors (Lipinski definition) is 5. The van der Waals surface area contributed by atoms with E-state index in [2.05, 4.69) is 20.2 Å². The predicted molar refractivity (Wildman–Crippen MR) is 76.1 cm³/mol. The fourth-order valence-electron chi connectivity index (χ4n) is 1.31. The number of nitrogens with zero attached hydrogens (tertiary/aromatic N) is 3. The van der Waals surface area contributed by atoms with Crippen molar-refractivity contribution in [2.75, 3.05) is 0 Å². The fraction of sp³-hybridized carbons (Fsp3) is 0. The van der Waals surface area contributed by atoms with Gasteiger partial charge in [0.15, 0.2) is 0 Å². The average molecular weight is 284 g/mol. The van der Waals surface area contributed by atoms with Crippen LogP contribution in [0.1, 0.15) is 0 Å². The Balaban J connectivity index is 1.85. The van der Waals surface area contributed by atoms with Crippen molar-refractivity contribution in [3.63, 3.8) is 0 Å². The van der Waals surface area contributed by atoms with Crippen LogP contribution < -0.4 is 10.5 Å². The van der Waals surface area contributed by atoms with Gasteiger partial charge >= 0.3 is 6.16 Å². The Bertz CT molecular complexity index is 642. The Morgan fingerprint density at radius 1 is 0.952 bits per heavy atom. The Hall–Kier alpha value is -3.22. The number of ether oxygens (including phenoxy) is 1. The minimum absolute atomic E-state index is 0.302. The first-order valence-corrected chi connectivity index (χ1v) is 5.98. The number of azo groups is 1. The Morgan fingerprint density at radius 3 is 2.24 bits per heavy atom. The summed E-state index contributed by atoms with van der Waals surface area (Å²) in [4.78, 5) is 15.8. The SMILES string of the molecule is NC(N=Nc1ccccc1)=NOC(=O)Oc1ccccc1. The molecule has 2 aromatic carbocycles. The summed E-state index contributed by atoms with van der Waals surface area (Å²) in [6, 6.07) is 17.3. The number of nitrogens with two attached hydrogens (primary N) is 1. The van der Waals surface area contributed by atoms with Gasteiger partial charge in [0, 0.05) is 0 Å². The van der Waals surface area contributed by atoms with Crippen LogP contribution in [0.15, 0.2) is 76.0 Å². The van der Waals surface area contributed by atoms with E-state index in [1.807, 2.05) is 6.07 Å². The highest BCUT2D eigenvalue weighted by molar-refractivity contribution is 5.78. The zero-order chi connectivity index (χ0) is 14.9. The van der Waals surface area contributed by atoms with Crippen molar-refractivity contribution in [1.29, 1.82) is 0 Å². The van der Waals surface area contributed by atoms with Gasteiger partial charge in [0.1, 0.15) is 5.75 Å². The quantitative estimate of drug-likeness (QED) is 0.178. The van der Waals surface area contributed by atoms with E-state index in [0.717, 1.165) is 0 Å². The van der Waals surface area contributed by atoms with Crippen LogP contribution in [0.25, 0.3) is 0 Å². The van der Waals surface area contributed by atoms with Gasteiger partial charge in [-0.3, -0.25) is 4.84 Å². The zero-order valence-corrected chi connectivity index (χ0v) is 10.9. The lowest BCUT2D eigenvalue weighted by Gasteiger charge is -2.00. The number of hydrogen-bond donors (Lipinski definition) is 1. The molecular formula is C14H12N4O3. The molecule has 0 bridgehead atoms. The first-order valence-electron chi connectivity index (χ1n) is 5.98. The van der Waals surface area contributed by atoms with Crippen LogP contribution in [-0.2, 0) is 4.84 Å². The third-order valence-electron chi connectivity index (χ3n) is 2.18. The minimum Gasteiger partial charge on any atom is -0.393 e. The Labute approximate surface area is 120 Å². The van der Waals surface area contributed by atoms with Crippen LogP contribution in [-0.4, -0.2) is 12.1 Å². The molecule has 106 valence electrons. The molecule has 0 aromatic heterocycles. The molecule has 0 fully saturated rings. The van der Waals surface area contributed by atoms with Crippen molar-refractivity contribution >= 4 is 17.8 Å². The normalized spacial score (nSPS) is 11.3. The van der Waals surface area contributed by atoms with Crippen LogP contribution in [0.3, 0.4) is 0 Å². The van der Waals surface area contributed by atoms with Crippen LogP contribution in [0.2, 0.25) is 0 Å². The first-order chi connectivity index (χ1) is 10.2. The molecule has 7 nitrogen and oxygen atoms in total. The minimum atomic E-state index is -1.01. The highest BCUT2D eigenvalue weighted by Crippen LogP contribution is 2.10. The molecule has 0 aliphatic heterocycles. The van der Waals surface area contributed by atoms with Crippen LogP contribution in [0, 0.1) is 0 Å². The van der Waals surface area contributed by atoms with Gasteiger partial charge in [-0.25, -0.2) is 4.79 Å². The van der Waals surface area contributed by atoms with E-state index < -0.39 is 6.16 Å². The summed E-state index contributed by atoms with van der Waals surface area (Å²) in [6.07, 6.45) is -1.01. The van der Waals surface area contributed by atoms with Crippen molar-refractivity contribution in [2.24, 2.45) is 21.1 Å². The lowest BCUT2D eigenvalue weighted by atomic mass is 10.3. The van der Waals surface area contributed by atoms with Crippen molar-refractivity contribution < 1.29 is 14.4 Å². The van der Waals surface area contributed by atoms with Gasteiger partial charge in [0.05, 0.1) is 5.69 Å². The van der Waals surface area contributed by atoms with Crippen molar-refractivity contribution in [3.05, 3.63) is 60.7 Å². The molecule has 0 atom stereocenters. The molecule has 21 heavy (non-hydrogen) atoms. The molecule has 0 heterocycles. The molecule has 7 heteroatoms. The second-order valence-electron chi connectivity index (χ2n) is 3.74. The second-order valence-corrected chi connectivity index (χ2v) is 3.74. The third kappa shape index (κ3) is 5.11. The zero-order valence-electron chi connectivity index (χ0n) is 10.9. The van der Waals surface area contributed by atoms with E-state index >= 15 is 0 Å². The number of para-hydroxylation sites is 1. The number of carbonyl (C=O) groups is 1. The number of oxime groups is 1. The summed E-state index contributed by atoms with van der Waals surface area (Å²) < 4.78 is 4.83. The molecule has 2 rings (SSSR count). The molecule has 0 unspecified atom stereocenters. The predicted octanol–water partition coefficient (Wildman–Crippen LogP) is 3.22. The largest absolute Gasteiger partial charge is 0.540 e. The highest BCUT2D eigenvalue weighted by Gasteiger charge is 2.05. The van der Waals surface area contributed by atoms with Crippen molar-refractivity contribution in [1.82, 2.24) is 0 Å². The van der Waals surface area contributed by atoms with E-state index in [-0.39, 0.29) is 5.96 Å².